The number of ether oxygens (including phenoxy) is 1. The van der Waals surface area contributed by atoms with E-state index in [4.69, 9.17) is 17.4 Å². The van der Waals surface area contributed by atoms with Crippen molar-refractivity contribution in [1.82, 2.24) is 5.43 Å². The summed E-state index contributed by atoms with van der Waals surface area (Å²) in [5, 5.41) is 2.18. The van der Waals surface area contributed by atoms with Gasteiger partial charge in [0.15, 0.2) is 6.67 Å². The van der Waals surface area contributed by atoms with Gasteiger partial charge < -0.3 is 22.3 Å². The van der Waals surface area contributed by atoms with Crippen molar-refractivity contribution in [2.75, 3.05) is 18.8 Å². The number of hydrogen-bond donors (Lipinski definition) is 2. The molecule has 0 amide bonds. The maximum Gasteiger partial charge on any atom is 0.166 e. The van der Waals surface area contributed by atoms with Gasteiger partial charge in [-0.05, 0) is 49.9 Å². The van der Waals surface area contributed by atoms with E-state index in [1.807, 2.05) is 12.1 Å². The number of nitrogens with zero attached hydrogens (tertiary/aromatic N) is 1. The summed E-state index contributed by atoms with van der Waals surface area (Å²) >= 11 is 5.62. The van der Waals surface area contributed by atoms with Crippen molar-refractivity contribution >= 4 is 18.3 Å². The third-order valence-corrected chi connectivity index (χ3v) is 4.87. The summed E-state index contributed by atoms with van der Waals surface area (Å²) in [6.45, 7) is 0.950. The predicted molar refractivity (Wildman–Crippen MR) is 82.5 cm³/mol. The van der Waals surface area contributed by atoms with Crippen LogP contribution in [0, 0.1) is 0 Å². The highest BCUT2D eigenvalue weighted by Crippen LogP contribution is 2.20. The fourth-order valence-electron chi connectivity index (χ4n) is 3.28. The van der Waals surface area contributed by atoms with Crippen LogP contribution in [0.4, 0.5) is 5.69 Å². The minimum atomic E-state index is 0.0835. The third kappa shape index (κ3) is 2.90. The Labute approximate surface area is 126 Å². The quantitative estimate of drug-likeness (QED) is 0.815. The lowest BCUT2D eigenvalue weighted by atomic mass is 9.95. The first-order valence-corrected chi connectivity index (χ1v) is 7.94. The molecule has 2 atom stereocenters. The van der Waals surface area contributed by atoms with Gasteiger partial charge in [0.2, 0.25) is 0 Å². The van der Waals surface area contributed by atoms with Crippen molar-refractivity contribution in [3.05, 3.63) is 24.3 Å². The lowest BCUT2D eigenvalue weighted by Gasteiger charge is -2.33. The summed E-state index contributed by atoms with van der Waals surface area (Å²) in [5.41, 5.74) is 4.67. The highest BCUT2D eigenvalue weighted by molar-refractivity contribution is 7.59. The van der Waals surface area contributed by atoms with Crippen molar-refractivity contribution in [2.24, 2.45) is 0 Å². The summed E-state index contributed by atoms with van der Waals surface area (Å²) in [7, 11) is 1.69. The first-order valence-electron chi connectivity index (χ1n) is 7.47. The Bertz CT molecular complexity index is 433. The van der Waals surface area contributed by atoms with Crippen molar-refractivity contribution in [1.29, 1.82) is 0 Å². The second-order valence-corrected chi connectivity index (χ2v) is 6.17. The molecule has 0 aromatic heterocycles. The summed E-state index contributed by atoms with van der Waals surface area (Å²) in [4.78, 5) is 1.51. The smallest absolute Gasteiger partial charge is 0.166 e. The molecule has 1 aromatic carbocycles. The van der Waals surface area contributed by atoms with E-state index < -0.39 is 0 Å². The fraction of sp³-hybridized carbons (Fsp3) is 0.600. The molecule has 4 nitrogen and oxygen atoms in total. The van der Waals surface area contributed by atoms with Crippen LogP contribution in [0.3, 0.4) is 0 Å². The van der Waals surface area contributed by atoms with E-state index in [0.29, 0.717) is 0 Å². The molecule has 20 heavy (non-hydrogen) atoms. The summed E-state index contributed by atoms with van der Waals surface area (Å²) in [5.74, 6) is 0.888. The Balaban J connectivity index is 1.67. The second kappa shape index (κ2) is 6.24. The van der Waals surface area contributed by atoms with Crippen LogP contribution in [0.25, 0.3) is 0 Å². The van der Waals surface area contributed by atoms with Crippen LogP contribution in [-0.2, 0) is 12.6 Å². The van der Waals surface area contributed by atoms with Crippen LogP contribution in [-0.4, -0.2) is 25.3 Å². The van der Waals surface area contributed by atoms with Gasteiger partial charge in [-0.25, -0.2) is 0 Å². The molecule has 1 saturated heterocycles. The Morgan fingerprint density at radius 1 is 1.20 bits per heavy atom. The van der Waals surface area contributed by atoms with Gasteiger partial charge in [-0.2, -0.15) is 5.43 Å². The lowest BCUT2D eigenvalue weighted by molar-refractivity contribution is -0.925. The first-order chi connectivity index (χ1) is 9.78. The van der Waals surface area contributed by atoms with Crippen LogP contribution in [0.1, 0.15) is 32.1 Å². The van der Waals surface area contributed by atoms with Gasteiger partial charge in [-0.15, -0.1) is 0 Å². The second-order valence-electron chi connectivity index (χ2n) is 5.70. The van der Waals surface area contributed by atoms with Crippen LogP contribution in [0.2, 0.25) is 0 Å². The van der Waals surface area contributed by atoms with Crippen LogP contribution < -0.4 is 20.1 Å². The number of hydrogen-bond acceptors (Lipinski definition) is 4. The van der Waals surface area contributed by atoms with Crippen molar-refractivity contribution in [3.63, 3.8) is 0 Å². The average molecular weight is 293 g/mol. The lowest BCUT2D eigenvalue weighted by Crippen LogP contribution is -3.18. The molecule has 1 heterocycles. The van der Waals surface area contributed by atoms with E-state index in [-0.39, 0.29) is 5.50 Å². The molecule has 110 valence electrons. The zero-order valence-electron chi connectivity index (χ0n) is 12.0. The Kier molecular flexibility index (Phi) is 4.38. The van der Waals surface area contributed by atoms with Gasteiger partial charge in [-0.3, -0.25) is 5.01 Å². The van der Waals surface area contributed by atoms with E-state index in [9.17, 15) is 0 Å². The van der Waals surface area contributed by atoms with Crippen LogP contribution in [0.5, 0.6) is 5.75 Å². The molecule has 0 radical (unpaired) electrons. The molecule has 1 aliphatic carbocycles. The number of anilines is 1. The first kappa shape index (κ1) is 14.0. The molecule has 1 aliphatic heterocycles. The molecule has 2 unspecified atom stereocenters. The van der Waals surface area contributed by atoms with Crippen molar-refractivity contribution in [3.8, 4) is 5.75 Å². The van der Waals surface area contributed by atoms with E-state index in [1.54, 1.807) is 7.11 Å². The molecule has 1 saturated carbocycles. The van der Waals surface area contributed by atoms with E-state index in [1.165, 1.54) is 37.0 Å². The van der Waals surface area contributed by atoms with E-state index in [0.717, 1.165) is 24.1 Å². The molecule has 1 aromatic rings. The Morgan fingerprint density at radius 3 is 2.55 bits per heavy atom. The molecule has 2 aliphatic rings. The topological polar surface area (TPSA) is 28.9 Å². The third-order valence-electron chi connectivity index (χ3n) is 4.46. The molecule has 5 heteroatoms. The van der Waals surface area contributed by atoms with Crippen LogP contribution in [0.15, 0.2) is 24.3 Å². The summed E-state index contributed by atoms with van der Waals surface area (Å²) in [6, 6.07) is 8.87. The number of methoxy groups -OCH3 is 1. The van der Waals surface area contributed by atoms with Gasteiger partial charge in [0.05, 0.1) is 18.8 Å². The monoisotopic (exact) mass is 293 g/mol. The van der Waals surface area contributed by atoms with Gasteiger partial charge in [0.1, 0.15) is 5.75 Å². The van der Waals surface area contributed by atoms with Gasteiger partial charge in [-0.1, -0.05) is 6.42 Å². The average Bonchev–Trinajstić information content (AvgIpc) is 2.90. The standard InChI is InChI=1S/C15H23N3OS/c1-19-14-9-7-13(8-10-14)18-11-17(15(20)16-18)12-5-3-2-4-6-12/h7-10,12,15-16,20H,2-6,11H2,1H3. The SMILES string of the molecule is COc1ccc(N2C[NH+](C3CCCCC3)C([S-])N2)cc1. The highest BCUT2D eigenvalue weighted by atomic mass is 32.1. The normalized spacial score (nSPS) is 27.8. The number of rotatable bonds is 3. The zero-order chi connectivity index (χ0) is 13.9. The molecule has 2 N–H and O–H groups in total. The number of hydrazine groups is 1. The Morgan fingerprint density at radius 2 is 1.90 bits per heavy atom. The predicted octanol–water partition coefficient (Wildman–Crippen LogP) is 1.03. The molecule has 2 fully saturated rings. The molecule has 0 spiro atoms. The highest BCUT2D eigenvalue weighted by Gasteiger charge is 2.33. The Hall–Kier alpha value is -0.910. The largest absolute Gasteiger partial charge is 0.709 e. The molecule has 3 rings (SSSR count). The number of quaternary nitrogens is 1. The maximum absolute atomic E-state index is 5.62. The van der Waals surface area contributed by atoms with Gasteiger partial charge in [0.25, 0.3) is 0 Å². The summed E-state index contributed by atoms with van der Waals surface area (Å²) < 4.78 is 5.20. The van der Waals surface area contributed by atoms with Crippen molar-refractivity contribution < 1.29 is 9.64 Å². The fourth-order valence-corrected chi connectivity index (χ4v) is 3.67. The molecular weight excluding hydrogens is 270 g/mol. The van der Waals surface area contributed by atoms with Gasteiger partial charge >= 0.3 is 0 Å². The molecular formula is C15H23N3OS. The minimum Gasteiger partial charge on any atom is -0.709 e. The van der Waals surface area contributed by atoms with Crippen LogP contribution >= 0.6 is 0 Å². The molecule has 0 bridgehead atoms. The minimum absolute atomic E-state index is 0.0835. The van der Waals surface area contributed by atoms with Crippen molar-refractivity contribution in [2.45, 2.75) is 43.6 Å². The zero-order valence-corrected chi connectivity index (χ0v) is 12.8. The van der Waals surface area contributed by atoms with Gasteiger partial charge in [0, 0.05) is 5.50 Å². The number of nitrogens with one attached hydrogen (secondary N) is 2. The number of benzene rings is 1. The maximum atomic E-state index is 5.62. The summed E-state index contributed by atoms with van der Waals surface area (Å²) in [6.07, 6.45) is 6.75. The van der Waals surface area contributed by atoms with E-state index >= 15 is 0 Å². The van der Waals surface area contributed by atoms with E-state index in [2.05, 4.69) is 22.6 Å².